The van der Waals surface area contributed by atoms with Crippen molar-refractivity contribution in [2.24, 2.45) is 0 Å². The van der Waals surface area contributed by atoms with E-state index in [1.165, 1.54) is 28.7 Å². The van der Waals surface area contributed by atoms with Crippen LogP contribution in [0.4, 0.5) is 5.13 Å². The summed E-state index contributed by atoms with van der Waals surface area (Å²) in [6, 6.07) is 5.77. The second-order valence-corrected chi connectivity index (χ2v) is 6.60. The molecule has 0 aliphatic carbocycles. The summed E-state index contributed by atoms with van der Waals surface area (Å²) in [6.07, 6.45) is 1.31. The Bertz CT molecular complexity index is 643. The van der Waals surface area contributed by atoms with E-state index >= 15 is 0 Å². The highest BCUT2D eigenvalue weighted by atomic mass is 32.2. The van der Waals surface area contributed by atoms with Gasteiger partial charge in [0, 0.05) is 0 Å². The predicted octanol–water partition coefficient (Wildman–Crippen LogP) is 3.28. The van der Waals surface area contributed by atoms with E-state index in [-0.39, 0.29) is 5.91 Å². The summed E-state index contributed by atoms with van der Waals surface area (Å²) < 4.78 is 6.47. The summed E-state index contributed by atoms with van der Waals surface area (Å²) >= 11 is 2.84. The van der Waals surface area contributed by atoms with Gasteiger partial charge in [0.15, 0.2) is 10.4 Å². The molecule has 0 bridgehead atoms. The van der Waals surface area contributed by atoms with Crippen LogP contribution in [0.2, 0.25) is 0 Å². The van der Waals surface area contributed by atoms with E-state index in [0.717, 1.165) is 9.90 Å². The number of carbonyl (C=O) groups is 1. The molecule has 0 aliphatic rings. The zero-order valence-corrected chi connectivity index (χ0v) is 14.0. The maximum absolute atomic E-state index is 12.1. The first-order chi connectivity index (χ1) is 9.99. The second-order valence-electron chi connectivity index (χ2n) is 4.57. The Hall–Kier alpha value is -1.60. The van der Waals surface area contributed by atoms with Gasteiger partial charge in [-0.15, -0.1) is 10.2 Å². The Morgan fingerprint density at radius 1 is 1.33 bits per heavy atom. The number of anilines is 1. The van der Waals surface area contributed by atoms with E-state index < -0.39 is 6.10 Å². The molecule has 2 rings (SSSR count). The van der Waals surface area contributed by atoms with Crippen LogP contribution in [0, 0.1) is 13.8 Å². The van der Waals surface area contributed by atoms with Gasteiger partial charge in [-0.1, -0.05) is 29.2 Å². The predicted molar refractivity (Wildman–Crippen MR) is 86.3 cm³/mol. The van der Waals surface area contributed by atoms with Crippen molar-refractivity contribution in [2.75, 3.05) is 11.6 Å². The number of aryl methyl sites for hydroxylation is 2. The first-order valence-electron chi connectivity index (χ1n) is 6.42. The Labute approximate surface area is 132 Å². The lowest BCUT2D eigenvalue weighted by molar-refractivity contribution is -0.122. The number of nitrogens with one attached hydrogen (secondary N) is 1. The Kier molecular flexibility index (Phi) is 5.19. The number of carbonyl (C=O) groups excluding carboxylic acids is 1. The largest absolute Gasteiger partial charge is 0.481 e. The fourth-order valence-electron chi connectivity index (χ4n) is 1.59. The molecule has 1 atom stereocenters. The molecule has 7 heteroatoms. The van der Waals surface area contributed by atoms with Crippen LogP contribution in [0.1, 0.15) is 18.1 Å². The maximum Gasteiger partial charge on any atom is 0.266 e. The van der Waals surface area contributed by atoms with Gasteiger partial charge in [0.2, 0.25) is 5.13 Å². The average molecular weight is 323 g/mol. The lowest BCUT2D eigenvalue weighted by atomic mass is 10.1. The molecule has 1 aromatic heterocycles. The number of thioether (sulfide) groups is 1. The molecule has 0 radical (unpaired) electrons. The fraction of sp³-hybridized carbons (Fsp3) is 0.357. The third-order valence-electron chi connectivity index (χ3n) is 2.97. The molecule has 1 amide bonds. The zero-order valence-electron chi connectivity index (χ0n) is 12.3. The van der Waals surface area contributed by atoms with Crippen molar-refractivity contribution in [3.63, 3.8) is 0 Å². The summed E-state index contributed by atoms with van der Waals surface area (Å²) in [6.45, 7) is 5.76. The number of benzene rings is 1. The molecule has 0 aliphatic heterocycles. The monoisotopic (exact) mass is 323 g/mol. The minimum absolute atomic E-state index is 0.239. The molecule has 1 aromatic carbocycles. The van der Waals surface area contributed by atoms with Crippen molar-refractivity contribution in [3.8, 4) is 5.75 Å². The summed E-state index contributed by atoms with van der Waals surface area (Å²) in [5, 5.41) is 11.0. The highest BCUT2D eigenvalue weighted by Gasteiger charge is 2.17. The Morgan fingerprint density at radius 2 is 2.10 bits per heavy atom. The van der Waals surface area contributed by atoms with Gasteiger partial charge in [0.1, 0.15) is 5.75 Å². The Morgan fingerprint density at radius 3 is 2.71 bits per heavy atom. The van der Waals surface area contributed by atoms with E-state index in [1.807, 2.05) is 38.3 Å². The molecule has 21 heavy (non-hydrogen) atoms. The highest BCUT2D eigenvalue weighted by Crippen LogP contribution is 2.23. The topological polar surface area (TPSA) is 64.1 Å². The van der Waals surface area contributed by atoms with Gasteiger partial charge in [0.25, 0.3) is 5.91 Å². The van der Waals surface area contributed by atoms with E-state index in [0.29, 0.717) is 10.9 Å². The van der Waals surface area contributed by atoms with Crippen LogP contribution >= 0.6 is 23.1 Å². The van der Waals surface area contributed by atoms with Gasteiger partial charge >= 0.3 is 0 Å². The maximum atomic E-state index is 12.1. The van der Waals surface area contributed by atoms with Crippen LogP contribution in [0.3, 0.4) is 0 Å². The van der Waals surface area contributed by atoms with Crippen LogP contribution in [0.25, 0.3) is 0 Å². The quantitative estimate of drug-likeness (QED) is 0.676. The summed E-state index contributed by atoms with van der Waals surface area (Å²) in [5.74, 6) is 0.444. The lowest BCUT2D eigenvalue weighted by Crippen LogP contribution is -2.30. The molecule has 112 valence electrons. The molecule has 0 saturated heterocycles. The third-order valence-corrected chi connectivity index (χ3v) is 4.79. The number of rotatable bonds is 5. The fourth-order valence-corrected chi connectivity index (χ4v) is 2.77. The molecule has 1 heterocycles. The van der Waals surface area contributed by atoms with E-state index in [2.05, 4.69) is 15.5 Å². The summed E-state index contributed by atoms with van der Waals surface area (Å²) in [5.41, 5.74) is 2.33. The molecule has 5 nitrogen and oxygen atoms in total. The summed E-state index contributed by atoms with van der Waals surface area (Å²) in [7, 11) is 0. The molecule has 0 spiro atoms. The first-order valence-corrected chi connectivity index (χ1v) is 8.46. The van der Waals surface area contributed by atoms with Crippen molar-refractivity contribution in [1.29, 1.82) is 0 Å². The normalized spacial score (nSPS) is 12.0. The molecular formula is C14H17N3O2S2. The average Bonchev–Trinajstić information content (AvgIpc) is 2.90. The molecule has 0 saturated carbocycles. The van der Waals surface area contributed by atoms with Crippen molar-refractivity contribution < 1.29 is 9.53 Å². The highest BCUT2D eigenvalue weighted by molar-refractivity contribution is 8.00. The van der Waals surface area contributed by atoms with Crippen LogP contribution in [-0.4, -0.2) is 28.5 Å². The number of nitrogens with zero attached hydrogens (tertiary/aromatic N) is 2. The zero-order chi connectivity index (χ0) is 15.4. The van der Waals surface area contributed by atoms with E-state index in [9.17, 15) is 4.79 Å². The van der Waals surface area contributed by atoms with Crippen LogP contribution in [-0.2, 0) is 4.79 Å². The van der Waals surface area contributed by atoms with Crippen LogP contribution < -0.4 is 10.1 Å². The minimum atomic E-state index is -0.603. The molecule has 0 fully saturated rings. The lowest BCUT2D eigenvalue weighted by Gasteiger charge is -2.14. The van der Waals surface area contributed by atoms with E-state index in [4.69, 9.17) is 4.74 Å². The van der Waals surface area contributed by atoms with Gasteiger partial charge in [-0.25, -0.2) is 0 Å². The third kappa shape index (κ3) is 4.18. The van der Waals surface area contributed by atoms with Gasteiger partial charge in [0.05, 0.1) is 0 Å². The van der Waals surface area contributed by atoms with Gasteiger partial charge in [-0.05, 0) is 50.3 Å². The van der Waals surface area contributed by atoms with E-state index in [1.54, 1.807) is 6.92 Å². The van der Waals surface area contributed by atoms with Crippen LogP contribution in [0.15, 0.2) is 22.5 Å². The van der Waals surface area contributed by atoms with Crippen molar-refractivity contribution in [3.05, 3.63) is 29.3 Å². The Balaban J connectivity index is 1.97. The standard InChI is InChI=1S/C14H17N3O2S2/c1-8-5-6-11(7-9(8)2)19-10(3)12(18)15-13-16-17-14(20-4)21-13/h5-7,10H,1-4H3,(H,15,16,18)/t10-/m1/s1. The first kappa shape index (κ1) is 15.8. The molecule has 0 unspecified atom stereocenters. The van der Waals surface area contributed by atoms with Crippen molar-refractivity contribution in [1.82, 2.24) is 10.2 Å². The van der Waals surface area contributed by atoms with Crippen molar-refractivity contribution in [2.45, 2.75) is 31.2 Å². The molecule has 1 N–H and O–H groups in total. The number of hydrogen-bond donors (Lipinski definition) is 1. The second kappa shape index (κ2) is 6.91. The number of hydrogen-bond acceptors (Lipinski definition) is 6. The van der Waals surface area contributed by atoms with Crippen LogP contribution in [0.5, 0.6) is 5.75 Å². The number of aromatic nitrogens is 2. The summed E-state index contributed by atoms with van der Waals surface area (Å²) in [4.78, 5) is 12.1. The van der Waals surface area contributed by atoms with Gasteiger partial charge in [-0.2, -0.15) is 0 Å². The smallest absolute Gasteiger partial charge is 0.266 e. The van der Waals surface area contributed by atoms with Crippen molar-refractivity contribution >= 4 is 34.1 Å². The SMILES string of the molecule is CSc1nnc(NC(=O)[C@@H](C)Oc2ccc(C)c(C)c2)s1. The minimum Gasteiger partial charge on any atom is -0.481 e. The number of ether oxygens (including phenoxy) is 1. The van der Waals surface area contributed by atoms with Gasteiger partial charge in [-0.3, -0.25) is 10.1 Å². The molecular weight excluding hydrogens is 306 g/mol. The van der Waals surface area contributed by atoms with Gasteiger partial charge < -0.3 is 4.74 Å². The number of amides is 1. The molecule has 2 aromatic rings.